The lowest BCUT2D eigenvalue weighted by molar-refractivity contribution is 0.157. The number of hydrogen-bond acceptors (Lipinski definition) is 1. The lowest BCUT2D eigenvalue weighted by Gasteiger charge is -2.29. The third-order valence-corrected chi connectivity index (χ3v) is 5.14. The van der Waals surface area contributed by atoms with E-state index in [2.05, 4.69) is 58.7 Å². The van der Waals surface area contributed by atoms with E-state index in [4.69, 9.17) is 4.74 Å². The molecule has 0 radical (unpaired) electrons. The van der Waals surface area contributed by atoms with Crippen molar-refractivity contribution in [2.75, 3.05) is 11.9 Å². The van der Waals surface area contributed by atoms with E-state index in [0.717, 1.165) is 35.0 Å². The second-order valence-corrected chi connectivity index (χ2v) is 6.02. The van der Waals surface area contributed by atoms with E-state index in [1.165, 1.54) is 5.56 Å². The fourth-order valence-corrected chi connectivity index (χ4v) is 3.12. The Labute approximate surface area is 121 Å². The van der Waals surface area contributed by atoms with Gasteiger partial charge in [-0.15, -0.1) is 0 Å². The summed E-state index contributed by atoms with van der Waals surface area (Å²) in [6, 6.07) is 6.14. The molecule has 17 heavy (non-hydrogen) atoms. The Morgan fingerprint density at radius 1 is 1.24 bits per heavy atom. The van der Waals surface area contributed by atoms with Crippen LogP contribution < -0.4 is 4.74 Å². The van der Waals surface area contributed by atoms with Crippen LogP contribution in [0.4, 0.5) is 0 Å². The van der Waals surface area contributed by atoms with Crippen LogP contribution in [-0.2, 0) is 0 Å². The topological polar surface area (TPSA) is 9.23 Å². The van der Waals surface area contributed by atoms with Crippen molar-refractivity contribution in [1.29, 1.82) is 0 Å². The maximum absolute atomic E-state index is 5.98. The summed E-state index contributed by atoms with van der Waals surface area (Å²) >= 11 is 7.07. The molecule has 0 saturated heterocycles. The average molecular weight is 364 g/mol. The van der Waals surface area contributed by atoms with E-state index in [0.29, 0.717) is 0 Å². The molecule has 0 aliphatic heterocycles. The highest BCUT2D eigenvalue weighted by molar-refractivity contribution is 9.10. The number of alkyl halides is 1. The van der Waals surface area contributed by atoms with Crippen molar-refractivity contribution in [2.24, 2.45) is 5.41 Å². The van der Waals surface area contributed by atoms with E-state index < -0.39 is 0 Å². The molecule has 0 aliphatic rings. The minimum Gasteiger partial charge on any atom is -0.493 e. The van der Waals surface area contributed by atoms with Crippen molar-refractivity contribution < 1.29 is 4.74 Å². The molecule has 96 valence electrons. The normalized spacial score (nSPS) is 11.6. The van der Waals surface area contributed by atoms with E-state index in [1.54, 1.807) is 0 Å². The highest BCUT2D eigenvalue weighted by atomic mass is 79.9. The molecule has 0 unspecified atom stereocenters. The molecule has 1 aromatic carbocycles. The quantitative estimate of drug-likeness (QED) is 0.620. The standard InChI is InChI=1S/C14H20Br2O/c1-4-14(5-2,9-15)10-17-13-7-6-12(16)8-11(13)3/h6-8H,4-5,9-10H2,1-3H3. The molecular weight excluding hydrogens is 344 g/mol. The Bertz CT molecular complexity index is 351. The highest BCUT2D eigenvalue weighted by Crippen LogP contribution is 2.31. The van der Waals surface area contributed by atoms with E-state index in [9.17, 15) is 0 Å². The van der Waals surface area contributed by atoms with Gasteiger partial charge in [0, 0.05) is 15.2 Å². The summed E-state index contributed by atoms with van der Waals surface area (Å²) in [5.74, 6) is 0.987. The Morgan fingerprint density at radius 3 is 2.35 bits per heavy atom. The molecule has 3 heteroatoms. The number of ether oxygens (including phenoxy) is 1. The molecule has 0 fully saturated rings. The zero-order valence-electron chi connectivity index (χ0n) is 10.7. The Kier molecular flexibility index (Phi) is 6.01. The SMILES string of the molecule is CCC(CC)(CBr)COc1ccc(Br)cc1C. The average Bonchev–Trinajstić information content (AvgIpc) is 2.33. The number of rotatable bonds is 6. The van der Waals surface area contributed by atoms with Crippen LogP contribution in [0.15, 0.2) is 22.7 Å². The summed E-state index contributed by atoms with van der Waals surface area (Å²) in [5, 5.41) is 0.989. The number of benzene rings is 1. The van der Waals surface area contributed by atoms with Gasteiger partial charge in [0.25, 0.3) is 0 Å². The van der Waals surface area contributed by atoms with Crippen molar-refractivity contribution in [2.45, 2.75) is 33.6 Å². The van der Waals surface area contributed by atoms with Crippen molar-refractivity contribution in [3.8, 4) is 5.75 Å². The van der Waals surface area contributed by atoms with Gasteiger partial charge in [0.1, 0.15) is 5.75 Å². The van der Waals surface area contributed by atoms with Gasteiger partial charge in [0.2, 0.25) is 0 Å². The first-order chi connectivity index (χ1) is 8.06. The van der Waals surface area contributed by atoms with Crippen molar-refractivity contribution in [1.82, 2.24) is 0 Å². The van der Waals surface area contributed by atoms with Gasteiger partial charge in [-0.05, 0) is 43.5 Å². The molecule has 0 bridgehead atoms. The van der Waals surface area contributed by atoms with Crippen LogP contribution in [0, 0.1) is 12.3 Å². The highest BCUT2D eigenvalue weighted by Gasteiger charge is 2.25. The largest absolute Gasteiger partial charge is 0.493 e. The maximum Gasteiger partial charge on any atom is 0.122 e. The fraction of sp³-hybridized carbons (Fsp3) is 0.571. The first-order valence-corrected chi connectivity index (χ1v) is 7.93. The van der Waals surface area contributed by atoms with E-state index >= 15 is 0 Å². The molecule has 0 amide bonds. The van der Waals surface area contributed by atoms with Crippen LogP contribution in [0.3, 0.4) is 0 Å². The van der Waals surface area contributed by atoms with E-state index in [-0.39, 0.29) is 5.41 Å². The minimum absolute atomic E-state index is 0.250. The van der Waals surface area contributed by atoms with Crippen LogP contribution >= 0.6 is 31.9 Å². The maximum atomic E-state index is 5.98. The van der Waals surface area contributed by atoms with Crippen LogP contribution in [0.1, 0.15) is 32.3 Å². The predicted octanol–water partition coefficient (Wildman–Crippen LogP) is 5.34. The monoisotopic (exact) mass is 362 g/mol. The summed E-state index contributed by atoms with van der Waals surface area (Å²) in [7, 11) is 0. The smallest absolute Gasteiger partial charge is 0.122 e. The second kappa shape index (κ2) is 6.79. The Hall–Kier alpha value is -0.0200. The summed E-state index contributed by atoms with van der Waals surface area (Å²) in [5.41, 5.74) is 1.43. The number of hydrogen-bond donors (Lipinski definition) is 0. The van der Waals surface area contributed by atoms with Crippen LogP contribution in [0.5, 0.6) is 5.75 Å². The number of halogens is 2. The van der Waals surface area contributed by atoms with Gasteiger partial charge < -0.3 is 4.74 Å². The van der Waals surface area contributed by atoms with Crippen LogP contribution in [0.25, 0.3) is 0 Å². The lowest BCUT2D eigenvalue weighted by Crippen LogP contribution is -2.29. The van der Waals surface area contributed by atoms with Gasteiger partial charge in [0.05, 0.1) is 6.61 Å². The molecule has 0 atom stereocenters. The molecular formula is C14H20Br2O. The number of aryl methyl sites for hydroxylation is 1. The van der Waals surface area contributed by atoms with Gasteiger partial charge in [-0.2, -0.15) is 0 Å². The van der Waals surface area contributed by atoms with Crippen LogP contribution in [0.2, 0.25) is 0 Å². The molecule has 1 nitrogen and oxygen atoms in total. The predicted molar refractivity (Wildman–Crippen MR) is 81.2 cm³/mol. The summed E-state index contributed by atoms with van der Waals surface area (Å²) in [6.07, 6.45) is 2.26. The summed E-state index contributed by atoms with van der Waals surface area (Å²) < 4.78 is 7.08. The van der Waals surface area contributed by atoms with E-state index in [1.807, 2.05) is 12.1 Å². The fourth-order valence-electron chi connectivity index (χ4n) is 1.69. The molecule has 0 saturated carbocycles. The van der Waals surface area contributed by atoms with Gasteiger partial charge in [-0.25, -0.2) is 0 Å². The summed E-state index contributed by atoms with van der Waals surface area (Å²) in [6.45, 7) is 7.30. The minimum atomic E-state index is 0.250. The van der Waals surface area contributed by atoms with Crippen molar-refractivity contribution in [3.63, 3.8) is 0 Å². The molecule has 0 aromatic heterocycles. The zero-order valence-corrected chi connectivity index (χ0v) is 13.9. The Balaban J connectivity index is 2.72. The van der Waals surface area contributed by atoms with Gasteiger partial charge in [-0.3, -0.25) is 0 Å². The molecule has 0 N–H and O–H groups in total. The zero-order chi connectivity index (χ0) is 12.9. The summed E-state index contributed by atoms with van der Waals surface area (Å²) in [4.78, 5) is 0. The first kappa shape index (κ1) is 15.0. The van der Waals surface area contributed by atoms with Gasteiger partial charge in [-0.1, -0.05) is 45.7 Å². The van der Waals surface area contributed by atoms with Crippen LogP contribution in [-0.4, -0.2) is 11.9 Å². The molecule has 0 aliphatic carbocycles. The lowest BCUT2D eigenvalue weighted by atomic mass is 9.86. The van der Waals surface area contributed by atoms with Gasteiger partial charge >= 0.3 is 0 Å². The first-order valence-electron chi connectivity index (χ1n) is 6.02. The third kappa shape index (κ3) is 3.99. The Morgan fingerprint density at radius 2 is 1.88 bits per heavy atom. The van der Waals surface area contributed by atoms with Crippen molar-refractivity contribution >= 4 is 31.9 Å². The molecule has 0 spiro atoms. The molecule has 1 rings (SSSR count). The molecule has 0 heterocycles. The molecule has 1 aromatic rings. The third-order valence-electron chi connectivity index (χ3n) is 3.45. The second-order valence-electron chi connectivity index (χ2n) is 4.54. The van der Waals surface area contributed by atoms with Crippen molar-refractivity contribution in [3.05, 3.63) is 28.2 Å². The van der Waals surface area contributed by atoms with Gasteiger partial charge in [0.15, 0.2) is 0 Å².